The molecule has 35 heavy (non-hydrogen) atoms. The van der Waals surface area contributed by atoms with Gasteiger partial charge in [0.2, 0.25) is 5.95 Å². The van der Waals surface area contributed by atoms with Crippen LogP contribution in [0.3, 0.4) is 0 Å². The molecule has 3 atom stereocenters. The van der Waals surface area contributed by atoms with Crippen molar-refractivity contribution >= 4 is 33.3 Å². The molecule has 9 nitrogen and oxygen atoms in total. The number of phenols is 1. The van der Waals surface area contributed by atoms with Gasteiger partial charge in [0.05, 0.1) is 21.5 Å². The Morgan fingerprint density at radius 2 is 1.94 bits per heavy atom. The Morgan fingerprint density at radius 3 is 2.69 bits per heavy atom. The number of nitrogens with zero attached hydrogens (tertiary/aromatic N) is 3. The molecule has 0 radical (unpaired) electrons. The second kappa shape index (κ2) is 9.38. The number of hydrogen-bond acceptors (Lipinski definition) is 10. The van der Waals surface area contributed by atoms with Crippen LogP contribution in [0, 0.1) is 12.8 Å². The van der Waals surface area contributed by atoms with Crippen LogP contribution in [0.15, 0.2) is 48.5 Å². The molecule has 3 unspecified atom stereocenters. The molecule has 5 rings (SSSR count). The first-order valence-electron chi connectivity index (χ1n) is 11.4. The van der Waals surface area contributed by atoms with E-state index in [1.807, 2.05) is 37.3 Å². The number of thiazole rings is 1. The number of aliphatic hydroxyl groups is 3. The van der Waals surface area contributed by atoms with Crippen LogP contribution in [-0.4, -0.2) is 53.8 Å². The molecule has 2 aromatic heterocycles. The molecule has 1 saturated carbocycles. The molecule has 2 heterocycles. The fraction of sp³-hybridized carbons (Fsp3) is 0.320. The molecular weight excluding hydrogens is 466 g/mol. The van der Waals surface area contributed by atoms with Crippen molar-refractivity contribution < 1.29 is 20.4 Å². The van der Waals surface area contributed by atoms with Crippen LogP contribution in [-0.2, 0) is 6.54 Å². The number of aliphatic hydroxyl groups excluding tert-OH is 2. The molecule has 2 aromatic carbocycles. The standard InChI is InChI=1S/C25H27N5O4S/c1-14-20(23-28-18-7-2-3-8-19(18)35-23)22(30-25(34)10-9-16(13-31)21(25)33)29-24(27-14)26-12-15-5-4-6-17(32)11-15/h2-8,11,16,21,31-34H,9-10,12-13H2,1H3,(H2,26,27,29,30). The second-order valence-electron chi connectivity index (χ2n) is 8.84. The SMILES string of the molecule is Cc1nc(NCc2cccc(O)c2)nc(NC2(O)CCC(CO)C2O)c1-c1nc2ccccc2s1. The van der Waals surface area contributed by atoms with Gasteiger partial charge in [0.25, 0.3) is 0 Å². The minimum Gasteiger partial charge on any atom is -0.508 e. The van der Waals surface area contributed by atoms with Gasteiger partial charge in [-0.15, -0.1) is 11.3 Å². The van der Waals surface area contributed by atoms with Crippen LogP contribution < -0.4 is 10.6 Å². The molecule has 182 valence electrons. The molecule has 6 N–H and O–H groups in total. The van der Waals surface area contributed by atoms with Crippen molar-refractivity contribution in [2.75, 3.05) is 17.2 Å². The lowest BCUT2D eigenvalue weighted by Gasteiger charge is -2.31. The van der Waals surface area contributed by atoms with Crippen molar-refractivity contribution in [1.82, 2.24) is 15.0 Å². The van der Waals surface area contributed by atoms with Crippen LogP contribution in [0.25, 0.3) is 20.8 Å². The Bertz CT molecular complexity index is 1330. The fourth-order valence-electron chi connectivity index (χ4n) is 4.46. The van der Waals surface area contributed by atoms with Crippen LogP contribution in [0.5, 0.6) is 5.75 Å². The highest BCUT2D eigenvalue weighted by molar-refractivity contribution is 7.21. The van der Waals surface area contributed by atoms with Gasteiger partial charge in [-0.05, 0) is 49.6 Å². The van der Waals surface area contributed by atoms with E-state index in [2.05, 4.69) is 20.6 Å². The highest BCUT2D eigenvalue weighted by Gasteiger charge is 2.47. The van der Waals surface area contributed by atoms with E-state index in [1.165, 1.54) is 11.3 Å². The van der Waals surface area contributed by atoms with E-state index in [0.29, 0.717) is 41.0 Å². The number of nitrogens with one attached hydrogen (secondary N) is 2. The number of para-hydroxylation sites is 1. The van der Waals surface area contributed by atoms with Gasteiger partial charge in [-0.2, -0.15) is 4.98 Å². The van der Waals surface area contributed by atoms with Crippen LogP contribution in [0.1, 0.15) is 24.1 Å². The van der Waals surface area contributed by atoms with Crippen molar-refractivity contribution in [1.29, 1.82) is 0 Å². The topological polar surface area (TPSA) is 144 Å². The lowest BCUT2D eigenvalue weighted by Crippen LogP contribution is -2.48. The number of benzene rings is 2. The molecule has 0 bridgehead atoms. The van der Waals surface area contributed by atoms with Crippen molar-refractivity contribution in [3.63, 3.8) is 0 Å². The predicted octanol–water partition coefficient (Wildman–Crippen LogP) is 3.24. The van der Waals surface area contributed by atoms with Gasteiger partial charge in [-0.25, -0.2) is 9.97 Å². The molecule has 0 amide bonds. The van der Waals surface area contributed by atoms with Gasteiger partial charge >= 0.3 is 0 Å². The summed E-state index contributed by atoms with van der Waals surface area (Å²) in [6.07, 6.45) is -0.423. The number of hydrogen-bond donors (Lipinski definition) is 6. The molecule has 0 spiro atoms. The van der Waals surface area contributed by atoms with E-state index in [0.717, 1.165) is 15.8 Å². The maximum atomic E-state index is 11.2. The molecule has 10 heteroatoms. The summed E-state index contributed by atoms with van der Waals surface area (Å²) in [7, 11) is 0. The highest BCUT2D eigenvalue weighted by Crippen LogP contribution is 2.40. The largest absolute Gasteiger partial charge is 0.508 e. The smallest absolute Gasteiger partial charge is 0.225 e. The van der Waals surface area contributed by atoms with Crippen molar-refractivity contribution in [3.05, 3.63) is 59.8 Å². The zero-order chi connectivity index (χ0) is 24.6. The molecule has 1 aliphatic carbocycles. The third-order valence-corrected chi connectivity index (χ3v) is 7.41. The van der Waals surface area contributed by atoms with Crippen LogP contribution in [0.2, 0.25) is 0 Å². The minimum absolute atomic E-state index is 0.172. The first-order valence-corrected chi connectivity index (χ1v) is 12.2. The van der Waals surface area contributed by atoms with Gasteiger partial charge in [-0.1, -0.05) is 24.3 Å². The van der Waals surface area contributed by atoms with E-state index in [9.17, 15) is 20.4 Å². The number of rotatable bonds is 7. The summed E-state index contributed by atoms with van der Waals surface area (Å²) in [5, 5.41) is 48.2. The van der Waals surface area contributed by atoms with Gasteiger partial charge < -0.3 is 31.1 Å². The van der Waals surface area contributed by atoms with E-state index >= 15 is 0 Å². The third-order valence-electron chi connectivity index (χ3n) is 6.36. The van der Waals surface area contributed by atoms with Crippen molar-refractivity contribution in [2.24, 2.45) is 5.92 Å². The number of phenolic OH excluding ortho intramolecular Hbond substituents is 1. The first-order chi connectivity index (χ1) is 16.9. The summed E-state index contributed by atoms with van der Waals surface area (Å²) in [6, 6.07) is 14.7. The fourth-order valence-corrected chi connectivity index (χ4v) is 5.52. The number of aromatic hydroxyl groups is 1. The maximum Gasteiger partial charge on any atom is 0.225 e. The average molecular weight is 494 g/mol. The minimum atomic E-state index is -1.65. The van der Waals surface area contributed by atoms with E-state index in [4.69, 9.17) is 4.98 Å². The Labute approximate surface area is 206 Å². The summed E-state index contributed by atoms with van der Waals surface area (Å²) in [5.41, 5.74) is 1.34. The lowest BCUT2D eigenvalue weighted by molar-refractivity contribution is -0.0545. The highest BCUT2D eigenvalue weighted by atomic mass is 32.1. The third kappa shape index (κ3) is 4.65. The zero-order valence-electron chi connectivity index (χ0n) is 19.1. The number of aryl methyl sites for hydroxylation is 1. The quantitative estimate of drug-likeness (QED) is 0.214. The summed E-state index contributed by atoms with van der Waals surface area (Å²) in [6.45, 7) is 2.02. The van der Waals surface area contributed by atoms with Gasteiger partial charge in [0.15, 0.2) is 5.72 Å². The van der Waals surface area contributed by atoms with Gasteiger partial charge in [-0.3, -0.25) is 0 Å². The molecule has 0 saturated heterocycles. The second-order valence-corrected chi connectivity index (χ2v) is 9.87. The van der Waals surface area contributed by atoms with Crippen molar-refractivity contribution in [2.45, 2.75) is 38.1 Å². The maximum absolute atomic E-state index is 11.2. The van der Waals surface area contributed by atoms with E-state index < -0.39 is 17.7 Å². The Hall–Kier alpha value is -3.31. The Morgan fingerprint density at radius 1 is 1.11 bits per heavy atom. The molecule has 4 aromatic rings. The normalized spacial score (nSPS) is 21.9. The van der Waals surface area contributed by atoms with Crippen LogP contribution in [0.4, 0.5) is 11.8 Å². The summed E-state index contributed by atoms with van der Waals surface area (Å²) in [5.74, 6) is 0.415. The van der Waals surface area contributed by atoms with Gasteiger partial charge in [0.1, 0.15) is 22.7 Å². The van der Waals surface area contributed by atoms with Crippen LogP contribution >= 0.6 is 11.3 Å². The first kappa shape index (κ1) is 23.4. The van der Waals surface area contributed by atoms with E-state index in [1.54, 1.807) is 18.2 Å². The summed E-state index contributed by atoms with van der Waals surface area (Å²) < 4.78 is 1.01. The predicted molar refractivity (Wildman–Crippen MR) is 135 cm³/mol. The summed E-state index contributed by atoms with van der Waals surface area (Å²) in [4.78, 5) is 14.0. The number of aromatic nitrogens is 3. The van der Waals surface area contributed by atoms with Gasteiger partial charge in [0, 0.05) is 19.1 Å². The molecule has 0 aliphatic heterocycles. The molecular formula is C25H27N5O4S. The Kier molecular flexibility index (Phi) is 6.28. The van der Waals surface area contributed by atoms with E-state index in [-0.39, 0.29) is 18.8 Å². The zero-order valence-corrected chi connectivity index (χ0v) is 20.0. The monoisotopic (exact) mass is 493 g/mol. The lowest BCUT2D eigenvalue weighted by atomic mass is 10.0. The average Bonchev–Trinajstić information content (AvgIpc) is 3.38. The number of anilines is 2. The summed E-state index contributed by atoms with van der Waals surface area (Å²) >= 11 is 1.50. The Balaban J connectivity index is 1.53. The molecule has 1 aliphatic rings. The number of fused-ring (bicyclic) bond motifs is 1. The molecule has 1 fully saturated rings. The van der Waals surface area contributed by atoms with Crippen molar-refractivity contribution in [3.8, 4) is 16.3 Å².